The predicted octanol–water partition coefficient (Wildman–Crippen LogP) is 3.93. The van der Waals surface area contributed by atoms with Crippen LogP contribution in [0.3, 0.4) is 0 Å². The van der Waals surface area contributed by atoms with Crippen molar-refractivity contribution in [3.63, 3.8) is 0 Å². The van der Waals surface area contributed by atoms with Gasteiger partial charge in [0.2, 0.25) is 11.7 Å². The maximum absolute atomic E-state index is 12.9. The molecule has 28 heavy (non-hydrogen) atoms. The van der Waals surface area contributed by atoms with Gasteiger partial charge in [0.05, 0.1) is 4.92 Å². The van der Waals surface area contributed by atoms with Gasteiger partial charge in [0.15, 0.2) is 0 Å². The van der Waals surface area contributed by atoms with E-state index in [9.17, 15) is 14.9 Å². The van der Waals surface area contributed by atoms with Crippen LogP contribution in [0, 0.1) is 17.0 Å². The minimum absolute atomic E-state index is 0.0470. The van der Waals surface area contributed by atoms with Gasteiger partial charge in [-0.15, -0.1) is 0 Å². The molecular formula is C20H18N4O4. The zero-order valence-corrected chi connectivity index (χ0v) is 15.2. The van der Waals surface area contributed by atoms with Crippen LogP contribution in [0.15, 0.2) is 53.1 Å². The van der Waals surface area contributed by atoms with Gasteiger partial charge in [0, 0.05) is 29.8 Å². The van der Waals surface area contributed by atoms with Gasteiger partial charge in [0.25, 0.3) is 11.6 Å². The summed E-state index contributed by atoms with van der Waals surface area (Å²) in [6.45, 7) is 2.56. The summed E-state index contributed by atoms with van der Waals surface area (Å²) in [7, 11) is 0. The molecule has 2 heterocycles. The van der Waals surface area contributed by atoms with E-state index in [1.807, 2.05) is 31.2 Å². The number of likely N-dealkylation sites (tertiary alicyclic amines) is 1. The lowest BCUT2D eigenvalue weighted by atomic mass is 10.1. The fourth-order valence-corrected chi connectivity index (χ4v) is 3.43. The maximum atomic E-state index is 12.9. The highest BCUT2D eigenvalue weighted by Gasteiger charge is 2.34. The topological polar surface area (TPSA) is 102 Å². The van der Waals surface area contributed by atoms with E-state index in [1.165, 1.54) is 24.3 Å². The molecule has 1 aliphatic heterocycles. The molecular weight excluding hydrogens is 360 g/mol. The summed E-state index contributed by atoms with van der Waals surface area (Å²) < 4.78 is 5.47. The van der Waals surface area contributed by atoms with Crippen molar-refractivity contribution in [3.8, 4) is 11.4 Å². The Morgan fingerprint density at radius 2 is 2.04 bits per heavy atom. The second-order valence-corrected chi connectivity index (χ2v) is 6.79. The lowest BCUT2D eigenvalue weighted by Crippen LogP contribution is -2.30. The molecule has 1 atom stereocenters. The number of nitrogens with zero attached hydrogens (tertiary/aromatic N) is 4. The summed E-state index contributed by atoms with van der Waals surface area (Å²) in [6.07, 6.45) is 1.56. The number of rotatable bonds is 4. The molecule has 0 saturated carbocycles. The van der Waals surface area contributed by atoms with Gasteiger partial charge in [-0.2, -0.15) is 4.98 Å². The first kappa shape index (κ1) is 17.8. The number of hydrogen-bond donors (Lipinski definition) is 0. The number of aromatic nitrogens is 2. The highest BCUT2D eigenvalue weighted by molar-refractivity contribution is 5.94. The summed E-state index contributed by atoms with van der Waals surface area (Å²) in [5.74, 6) is 0.699. The molecule has 1 aliphatic rings. The molecule has 0 N–H and O–H groups in total. The second-order valence-electron chi connectivity index (χ2n) is 6.79. The molecule has 0 aliphatic carbocycles. The molecule has 3 aromatic rings. The first-order chi connectivity index (χ1) is 13.5. The number of hydrogen-bond acceptors (Lipinski definition) is 6. The molecule has 8 nitrogen and oxygen atoms in total. The highest BCUT2D eigenvalue weighted by atomic mass is 16.6. The molecule has 0 radical (unpaired) electrons. The Bertz CT molecular complexity index is 1030. The fraction of sp³-hybridized carbons (Fsp3) is 0.250. The number of amides is 1. The summed E-state index contributed by atoms with van der Waals surface area (Å²) in [6, 6.07) is 13.1. The summed E-state index contributed by atoms with van der Waals surface area (Å²) in [5.41, 5.74) is 2.31. The van der Waals surface area contributed by atoms with Gasteiger partial charge >= 0.3 is 0 Å². The van der Waals surface area contributed by atoms with E-state index in [-0.39, 0.29) is 17.6 Å². The Morgan fingerprint density at radius 1 is 1.25 bits per heavy atom. The quantitative estimate of drug-likeness (QED) is 0.503. The van der Waals surface area contributed by atoms with Crippen molar-refractivity contribution in [3.05, 3.63) is 75.7 Å². The third-order valence-corrected chi connectivity index (χ3v) is 4.84. The van der Waals surface area contributed by atoms with Crippen molar-refractivity contribution in [1.29, 1.82) is 0 Å². The van der Waals surface area contributed by atoms with Crippen LogP contribution in [0.2, 0.25) is 0 Å². The Hall–Kier alpha value is -3.55. The number of benzene rings is 2. The zero-order chi connectivity index (χ0) is 19.7. The van der Waals surface area contributed by atoms with E-state index in [1.54, 1.807) is 4.90 Å². The molecule has 1 amide bonds. The van der Waals surface area contributed by atoms with Crippen LogP contribution in [0.25, 0.3) is 11.4 Å². The maximum Gasteiger partial charge on any atom is 0.269 e. The minimum atomic E-state index is -0.488. The van der Waals surface area contributed by atoms with Crippen LogP contribution >= 0.6 is 0 Å². The minimum Gasteiger partial charge on any atom is -0.337 e. The second kappa shape index (κ2) is 7.22. The van der Waals surface area contributed by atoms with Crippen molar-refractivity contribution in [2.24, 2.45) is 0 Å². The van der Waals surface area contributed by atoms with E-state index in [2.05, 4.69) is 10.1 Å². The van der Waals surface area contributed by atoms with Crippen LogP contribution < -0.4 is 0 Å². The largest absolute Gasteiger partial charge is 0.337 e. The van der Waals surface area contributed by atoms with Gasteiger partial charge < -0.3 is 9.42 Å². The van der Waals surface area contributed by atoms with Crippen molar-refractivity contribution < 1.29 is 14.2 Å². The molecule has 8 heteroatoms. The standard InChI is InChI=1S/C20H18N4O4/c1-13-4-2-5-15(12-13)18-21-19(28-22-18)17-6-3-11-23(17)20(25)14-7-9-16(10-8-14)24(26)27/h2,4-5,7-10,12,17H,3,6,11H2,1H3. The zero-order valence-electron chi connectivity index (χ0n) is 15.2. The Morgan fingerprint density at radius 3 is 2.75 bits per heavy atom. The van der Waals surface area contributed by atoms with Crippen LogP contribution in [-0.4, -0.2) is 32.4 Å². The Labute approximate surface area is 160 Å². The molecule has 2 aromatic carbocycles. The van der Waals surface area contributed by atoms with Crippen LogP contribution in [-0.2, 0) is 0 Å². The average molecular weight is 378 g/mol. The molecule has 0 spiro atoms. The number of nitro benzene ring substituents is 1. The van der Waals surface area contributed by atoms with Gasteiger partial charge in [0.1, 0.15) is 6.04 Å². The predicted molar refractivity (Wildman–Crippen MR) is 101 cm³/mol. The third kappa shape index (κ3) is 3.36. The molecule has 0 bridgehead atoms. The normalized spacial score (nSPS) is 16.3. The smallest absolute Gasteiger partial charge is 0.269 e. The number of nitro groups is 1. The Kier molecular flexibility index (Phi) is 4.60. The average Bonchev–Trinajstić information content (AvgIpc) is 3.37. The lowest BCUT2D eigenvalue weighted by Gasteiger charge is -2.21. The molecule has 1 aromatic heterocycles. The first-order valence-electron chi connectivity index (χ1n) is 8.99. The van der Waals surface area contributed by atoms with E-state index < -0.39 is 4.92 Å². The molecule has 4 rings (SSSR count). The lowest BCUT2D eigenvalue weighted by molar-refractivity contribution is -0.384. The number of carbonyl (C=O) groups is 1. The van der Waals surface area contributed by atoms with E-state index in [4.69, 9.17) is 4.52 Å². The highest BCUT2D eigenvalue weighted by Crippen LogP contribution is 2.33. The monoisotopic (exact) mass is 378 g/mol. The van der Waals surface area contributed by atoms with Gasteiger partial charge in [-0.25, -0.2) is 0 Å². The SMILES string of the molecule is Cc1cccc(-c2noc(C3CCCN3C(=O)c3ccc([N+](=O)[O-])cc3)n2)c1. The van der Waals surface area contributed by atoms with Crippen molar-refractivity contribution in [1.82, 2.24) is 15.0 Å². The van der Waals surface area contributed by atoms with Crippen molar-refractivity contribution >= 4 is 11.6 Å². The molecule has 1 unspecified atom stereocenters. The van der Waals surface area contributed by atoms with Crippen molar-refractivity contribution in [2.75, 3.05) is 6.54 Å². The van der Waals surface area contributed by atoms with Crippen LogP contribution in [0.5, 0.6) is 0 Å². The van der Waals surface area contributed by atoms with E-state index >= 15 is 0 Å². The summed E-state index contributed by atoms with van der Waals surface area (Å²) in [4.78, 5) is 29.4. The fourth-order valence-electron chi connectivity index (χ4n) is 3.43. The van der Waals surface area contributed by atoms with E-state index in [0.29, 0.717) is 23.8 Å². The first-order valence-corrected chi connectivity index (χ1v) is 8.99. The number of non-ortho nitro benzene ring substituents is 1. The molecule has 142 valence electrons. The molecule has 1 saturated heterocycles. The van der Waals surface area contributed by atoms with Crippen LogP contribution in [0.1, 0.15) is 40.7 Å². The Balaban J connectivity index is 1.57. The third-order valence-electron chi connectivity index (χ3n) is 4.84. The van der Waals surface area contributed by atoms with E-state index in [0.717, 1.165) is 24.0 Å². The number of aryl methyl sites for hydroxylation is 1. The molecule has 1 fully saturated rings. The summed E-state index contributed by atoms with van der Waals surface area (Å²) >= 11 is 0. The summed E-state index contributed by atoms with van der Waals surface area (Å²) in [5, 5.41) is 14.9. The van der Waals surface area contributed by atoms with Crippen molar-refractivity contribution in [2.45, 2.75) is 25.8 Å². The van der Waals surface area contributed by atoms with Crippen LogP contribution in [0.4, 0.5) is 5.69 Å². The van der Waals surface area contributed by atoms with Gasteiger partial charge in [-0.3, -0.25) is 14.9 Å². The van der Waals surface area contributed by atoms with Gasteiger partial charge in [-0.1, -0.05) is 28.9 Å². The van der Waals surface area contributed by atoms with Gasteiger partial charge in [-0.05, 0) is 38.0 Å². The number of carbonyl (C=O) groups excluding carboxylic acids is 1.